The Morgan fingerprint density at radius 3 is 2.30 bits per heavy atom. The highest BCUT2D eigenvalue weighted by Crippen LogP contribution is 2.41. The van der Waals surface area contributed by atoms with E-state index in [0.29, 0.717) is 0 Å². The van der Waals surface area contributed by atoms with Crippen molar-refractivity contribution in [2.75, 3.05) is 13.1 Å². The molecule has 0 bridgehead atoms. The minimum absolute atomic E-state index is 0.282. The molecule has 0 radical (unpaired) electrons. The van der Waals surface area contributed by atoms with Gasteiger partial charge >= 0.3 is 6.18 Å². The zero-order valence-corrected chi connectivity index (χ0v) is 11.6. The van der Waals surface area contributed by atoms with Gasteiger partial charge in [-0.3, -0.25) is 4.79 Å². The second-order valence-electron chi connectivity index (χ2n) is 4.46. The Bertz CT molecular complexity index is 469. The predicted molar refractivity (Wildman–Crippen MR) is 65.7 cm³/mol. The highest BCUT2D eigenvalue weighted by molar-refractivity contribution is 5.77. The van der Waals surface area contributed by atoms with E-state index in [9.17, 15) is 23.1 Å². The van der Waals surface area contributed by atoms with E-state index in [1.807, 2.05) is 0 Å². The maximum absolute atomic E-state index is 13.2. The molecule has 1 unspecified atom stereocenters. The number of aliphatic hydroxyl groups is 1. The Kier molecular flexibility index (Phi) is 4.80. The normalized spacial score (nSPS) is 14.9. The number of amides is 1. The van der Waals surface area contributed by atoms with Gasteiger partial charge in [-0.1, -0.05) is 0 Å². The van der Waals surface area contributed by atoms with Crippen LogP contribution in [0.2, 0.25) is 0 Å². The fraction of sp³-hybridized carbons (Fsp3) is 0.667. The Morgan fingerprint density at radius 1 is 1.40 bits per heavy atom. The van der Waals surface area contributed by atoms with Crippen LogP contribution in [-0.2, 0) is 17.4 Å². The minimum atomic E-state index is -4.99. The summed E-state index contributed by atoms with van der Waals surface area (Å²) in [6.07, 6.45) is -3.64. The molecule has 1 heterocycles. The molecule has 20 heavy (non-hydrogen) atoms. The summed E-state index contributed by atoms with van der Waals surface area (Å²) in [5, 5.41) is 10.0. The van der Waals surface area contributed by atoms with Gasteiger partial charge in [0, 0.05) is 32.5 Å². The molecule has 0 spiro atoms. The summed E-state index contributed by atoms with van der Waals surface area (Å²) in [5.41, 5.74) is -3.29. The van der Waals surface area contributed by atoms with E-state index < -0.39 is 29.9 Å². The van der Waals surface area contributed by atoms with E-state index in [1.165, 1.54) is 18.1 Å². The second-order valence-corrected chi connectivity index (χ2v) is 4.46. The molecule has 0 aromatic carbocycles. The first-order valence-corrected chi connectivity index (χ1v) is 6.22. The number of imidazole rings is 1. The van der Waals surface area contributed by atoms with Gasteiger partial charge in [-0.15, -0.1) is 0 Å². The number of aromatic nitrogens is 2. The molecule has 0 aliphatic carbocycles. The van der Waals surface area contributed by atoms with Gasteiger partial charge in [0.25, 0.3) is 0 Å². The molecule has 0 aliphatic rings. The van der Waals surface area contributed by atoms with E-state index in [0.717, 1.165) is 10.8 Å². The van der Waals surface area contributed by atoms with E-state index >= 15 is 0 Å². The zero-order valence-electron chi connectivity index (χ0n) is 11.6. The molecule has 0 fully saturated rings. The summed E-state index contributed by atoms with van der Waals surface area (Å²) in [6.45, 7) is 3.89. The van der Waals surface area contributed by atoms with Gasteiger partial charge in [-0.05, 0) is 13.8 Å². The molecular formula is C12H18F3N3O2. The molecule has 0 saturated heterocycles. The van der Waals surface area contributed by atoms with E-state index in [2.05, 4.69) is 4.98 Å². The Morgan fingerprint density at radius 2 is 1.95 bits per heavy atom. The molecule has 0 saturated carbocycles. The molecule has 8 heteroatoms. The average Bonchev–Trinajstić information content (AvgIpc) is 2.75. The van der Waals surface area contributed by atoms with Crippen molar-refractivity contribution in [1.82, 2.24) is 14.5 Å². The van der Waals surface area contributed by atoms with E-state index in [4.69, 9.17) is 0 Å². The van der Waals surface area contributed by atoms with Gasteiger partial charge < -0.3 is 14.6 Å². The standard InChI is InChI=1S/C12H18F3N3O2/c1-4-18(5-2)9(19)8-11(20,12(13,14)15)10-16-6-7-17(10)3/h6-7,20H,4-5,8H2,1-3H3. The van der Waals surface area contributed by atoms with Crippen molar-refractivity contribution in [2.24, 2.45) is 7.05 Å². The third kappa shape index (κ3) is 2.95. The lowest BCUT2D eigenvalue weighted by Crippen LogP contribution is -2.48. The molecule has 1 atom stereocenters. The topological polar surface area (TPSA) is 58.4 Å². The van der Waals surface area contributed by atoms with Crippen molar-refractivity contribution >= 4 is 5.91 Å². The van der Waals surface area contributed by atoms with Crippen molar-refractivity contribution in [2.45, 2.75) is 32.0 Å². The number of aryl methyl sites for hydroxylation is 1. The maximum atomic E-state index is 13.2. The van der Waals surface area contributed by atoms with Crippen LogP contribution < -0.4 is 0 Å². The summed E-state index contributed by atoms with van der Waals surface area (Å²) < 4.78 is 40.7. The fourth-order valence-electron chi connectivity index (χ4n) is 1.98. The first kappa shape index (κ1) is 16.5. The van der Waals surface area contributed by atoms with Crippen LogP contribution in [0.25, 0.3) is 0 Å². The summed E-state index contributed by atoms with van der Waals surface area (Å²) >= 11 is 0. The minimum Gasteiger partial charge on any atom is -0.374 e. The Hall–Kier alpha value is -1.57. The molecule has 1 amide bonds. The molecule has 0 aliphatic heterocycles. The number of halogens is 3. The van der Waals surface area contributed by atoms with Crippen LogP contribution in [0, 0.1) is 0 Å². The van der Waals surface area contributed by atoms with Crippen LogP contribution in [0.1, 0.15) is 26.1 Å². The number of nitrogens with zero attached hydrogens (tertiary/aromatic N) is 3. The molecule has 1 rings (SSSR count). The average molecular weight is 293 g/mol. The monoisotopic (exact) mass is 293 g/mol. The molecule has 1 aromatic heterocycles. The second kappa shape index (κ2) is 5.82. The highest BCUT2D eigenvalue weighted by Gasteiger charge is 2.58. The third-order valence-corrected chi connectivity index (χ3v) is 3.18. The van der Waals surface area contributed by atoms with Crippen LogP contribution in [0.3, 0.4) is 0 Å². The van der Waals surface area contributed by atoms with Gasteiger partial charge in [0.05, 0.1) is 6.42 Å². The van der Waals surface area contributed by atoms with Crippen LogP contribution in [0.4, 0.5) is 13.2 Å². The third-order valence-electron chi connectivity index (χ3n) is 3.18. The Balaban J connectivity index is 3.16. The van der Waals surface area contributed by atoms with Crippen LogP contribution >= 0.6 is 0 Å². The number of alkyl halides is 3. The first-order chi connectivity index (χ1) is 9.17. The summed E-state index contributed by atoms with van der Waals surface area (Å²) in [6, 6.07) is 0. The summed E-state index contributed by atoms with van der Waals surface area (Å²) in [5.74, 6) is -1.36. The fourth-order valence-corrected chi connectivity index (χ4v) is 1.98. The lowest BCUT2D eigenvalue weighted by atomic mass is 9.96. The zero-order chi connectivity index (χ0) is 15.6. The van der Waals surface area contributed by atoms with Crippen molar-refractivity contribution in [3.8, 4) is 0 Å². The molecule has 1 aromatic rings. The maximum Gasteiger partial charge on any atom is 0.425 e. The summed E-state index contributed by atoms with van der Waals surface area (Å²) in [4.78, 5) is 16.7. The quantitative estimate of drug-likeness (QED) is 0.893. The number of carbonyl (C=O) groups is 1. The van der Waals surface area contributed by atoms with Gasteiger partial charge in [0.15, 0.2) is 5.82 Å². The van der Waals surface area contributed by atoms with E-state index in [-0.39, 0.29) is 13.1 Å². The predicted octanol–water partition coefficient (Wildman–Crippen LogP) is 1.43. The highest BCUT2D eigenvalue weighted by atomic mass is 19.4. The van der Waals surface area contributed by atoms with Crippen molar-refractivity contribution in [1.29, 1.82) is 0 Å². The van der Waals surface area contributed by atoms with Crippen molar-refractivity contribution in [3.05, 3.63) is 18.2 Å². The van der Waals surface area contributed by atoms with E-state index in [1.54, 1.807) is 13.8 Å². The van der Waals surface area contributed by atoms with Gasteiger partial charge in [0.2, 0.25) is 11.5 Å². The number of carbonyl (C=O) groups excluding carboxylic acids is 1. The number of rotatable bonds is 5. The lowest BCUT2D eigenvalue weighted by Gasteiger charge is -2.31. The molecule has 5 nitrogen and oxygen atoms in total. The smallest absolute Gasteiger partial charge is 0.374 e. The molecular weight excluding hydrogens is 275 g/mol. The van der Waals surface area contributed by atoms with Crippen molar-refractivity contribution < 1.29 is 23.1 Å². The lowest BCUT2D eigenvalue weighted by molar-refractivity contribution is -0.271. The van der Waals surface area contributed by atoms with Crippen LogP contribution in [0.15, 0.2) is 12.4 Å². The number of hydrogen-bond donors (Lipinski definition) is 1. The van der Waals surface area contributed by atoms with Gasteiger partial charge in [-0.25, -0.2) is 4.98 Å². The van der Waals surface area contributed by atoms with Crippen LogP contribution in [0.5, 0.6) is 0 Å². The van der Waals surface area contributed by atoms with Gasteiger partial charge in [0.1, 0.15) is 0 Å². The molecule has 114 valence electrons. The largest absolute Gasteiger partial charge is 0.425 e. The SMILES string of the molecule is CCN(CC)C(=O)CC(O)(c1nccn1C)C(F)(F)F. The van der Waals surface area contributed by atoms with Crippen molar-refractivity contribution in [3.63, 3.8) is 0 Å². The van der Waals surface area contributed by atoms with Crippen LogP contribution in [-0.4, -0.2) is 44.7 Å². The molecule has 1 N–H and O–H groups in total. The number of hydrogen-bond acceptors (Lipinski definition) is 3. The summed E-state index contributed by atoms with van der Waals surface area (Å²) in [7, 11) is 1.33. The Labute approximate surface area is 115 Å². The first-order valence-electron chi connectivity index (χ1n) is 6.22. The van der Waals surface area contributed by atoms with Gasteiger partial charge in [-0.2, -0.15) is 13.2 Å².